The van der Waals surface area contributed by atoms with Gasteiger partial charge < -0.3 is 15.0 Å². The first-order valence-electron chi connectivity index (χ1n) is 15.0. The highest BCUT2D eigenvalue weighted by atomic mass is 16.5. The SMILES string of the molecule is CN1CCc2cc(NC3NCC4C(=O)N5C/C=C/CCN6C(=O)COC7CCC(NC76)N5C4N3)ccc2C12CC2. The molecule has 6 unspecified atom stereocenters. The number of fused-ring (bicyclic) bond motifs is 7. The second-order valence-corrected chi connectivity index (χ2v) is 12.5. The molecule has 11 nitrogen and oxygen atoms in total. The number of morpholine rings is 1. The topological polar surface area (TPSA) is 104 Å². The van der Waals surface area contributed by atoms with Crippen LogP contribution in [0.5, 0.6) is 0 Å². The Hall–Kier alpha value is -2.54. The summed E-state index contributed by atoms with van der Waals surface area (Å²) in [7, 11) is 2.25. The number of hydrogen-bond donors (Lipinski definition) is 4. The summed E-state index contributed by atoms with van der Waals surface area (Å²) in [5.74, 6) is -0.0254. The van der Waals surface area contributed by atoms with Gasteiger partial charge in [-0.1, -0.05) is 18.2 Å². The molecule has 4 saturated heterocycles. The zero-order valence-corrected chi connectivity index (χ0v) is 23.1. The molecule has 1 aliphatic carbocycles. The fourth-order valence-electron chi connectivity index (χ4n) is 8.00. The second kappa shape index (κ2) is 9.50. The number of piperidine rings is 1. The molecule has 4 N–H and O–H groups in total. The molecular weight excluding hydrogens is 508 g/mol. The summed E-state index contributed by atoms with van der Waals surface area (Å²) in [5, 5.41) is 18.8. The van der Waals surface area contributed by atoms with Crippen LogP contribution >= 0.6 is 0 Å². The maximum atomic E-state index is 13.7. The third kappa shape index (κ3) is 3.93. The standard InChI is InChI=1S/C29H40N8O3/c1-34-14-9-18-15-19(5-6-21(18)29(34)10-11-29)31-28-30-16-20-25(33-28)37-23-8-7-22-26(32-23)35(24(38)17-40-22)12-3-2-4-13-36(37)27(20)39/h2,4-6,15,20,22-23,25-26,28,30-33H,3,7-14,16-17H2,1H3/b4-2+. The monoisotopic (exact) mass is 548 g/mol. The molecular formula is C29H40N8O3. The summed E-state index contributed by atoms with van der Waals surface area (Å²) < 4.78 is 5.92. The number of ether oxygens (including phenoxy) is 1. The minimum absolute atomic E-state index is 0.0183. The Kier molecular flexibility index (Phi) is 5.98. The molecule has 2 bridgehead atoms. The fraction of sp³-hybridized carbons (Fsp3) is 0.655. The van der Waals surface area contributed by atoms with Crippen molar-refractivity contribution >= 4 is 17.5 Å². The van der Waals surface area contributed by atoms with Crippen molar-refractivity contribution in [3.63, 3.8) is 0 Å². The first-order valence-corrected chi connectivity index (χ1v) is 15.0. The Morgan fingerprint density at radius 1 is 1.07 bits per heavy atom. The van der Waals surface area contributed by atoms with Gasteiger partial charge in [-0.3, -0.25) is 35.4 Å². The molecule has 7 aliphatic rings. The van der Waals surface area contributed by atoms with Crippen LogP contribution in [0, 0.1) is 5.92 Å². The lowest BCUT2D eigenvalue weighted by Crippen LogP contribution is -2.72. The maximum Gasteiger partial charge on any atom is 0.249 e. The predicted molar refractivity (Wildman–Crippen MR) is 148 cm³/mol. The lowest BCUT2D eigenvalue weighted by atomic mass is 9.90. The Morgan fingerprint density at radius 2 is 1.98 bits per heavy atom. The Balaban J connectivity index is 1.04. The van der Waals surface area contributed by atoms with Crippen molar-refractivity contribution in [2.45, 2.75) is 75.0 Å². The average Bonchev–Trinajstić information content (AvgIpc) is 3.71. The maximum absolute atomic E-state index is 13.7. The van der Waals surface area contributed by atoms with Gasteiger partial charge in [-0.25, -0.2) is 0 Å². The van der Waals surface area contributed by atoms with E-state index in [0.717, 1.165) is 37.9 Å². The third-order valence-electron chi connectivity index (χ3n) is 10.3. The Morgan fingerprint density at radius 3 is 2.85 bits per heavy atom. The van der Waals surface area contributed by atoms with E-state index in [1.807, 2.05) is 9.91 Å². The van der Waals surface area contributed by atoms with Gasteiger partial charge in [-0.05, 0) is 68.8 Å². The van der Waals surface area contributed by atoms with Crippen LogP contribution in [0.15, 0.2) is 30.4 Å². The van der Waals surface area contributed by atoms with Crippen molar-refractivity contribution < 1.29 is 14.3 Å². The summed E-state index contributed by atoms with van der Waals surface area (Å²) in [6, 6.07) is 6.84. The summed E-state index contributed by atoms with van der Waals surface area (Å²) in [6.07, 6.45) is 9.58. The first kappa shape index (κ1) is 25.2. The number of hydrazine groups is 1. The molecule has 5 fully saturated rings. The van der Waals surface area contributed by atoms with Gasteiger partial charge in [0.05, 0.1) is 30.9 Å². The minimum atomic E-state index is -0.192. The van der Waals surface area contributed by atoms with Crippen LogP contribution in [0.4, 0.5) is 5.69 Å². The van der Waals surface area contributed by atoms with Crippen LogP contribution in [0.25, 0.3) is 0 Å². The first-order chi connectivity index (χ1) is 19.5. The number of likely N-dealkylation sites (N-methyl/N-ethyl adjacent to an activating group) is 1. The van der Waals surface area contributed by atoms with Gasteiger partial charge in [-0.2, -0.15) is 5.01 Å². The van der Waals surface area contributed by atoms with Crippen LogP contribution < -0.4 is 21.3 Å². The number of carbonyl (C=O) groups is 2. The highest BCUT2D eigenvalue weighted by Crippen LogP contribution is 2.53. The van der Waals surface area contributed by atoms with Crippen molar-refractivity contribution in [1.29, 1.82) is 0 Å². The van der Waals surface area contributed by atoms with E-state index in [1.54, 1.807) is 0 Å². The van der Waals surface area contributed by atoms with Gasteiger partial charge in [0.1, 0.15) is 19.1 Å². The molecule has 8 rings (SSSR count). The predicted octanol–water partition coefficient (Wildman–Crippen LogP) is 0.276. The molecule has 0 radical (unpaired) electrons. The number of nitrogens with one attached hydrogen (secondary N) is 4. The van der Waals surface area contributed by atoms with E-state index in [1.165, 1.54) is 24.0 Å². The van der Waals surface area contributed by atoms with Crippen LogP contribution in [-0.2, 0) is 26.3 Å². The van der Waals surface area contributed by atoms with E-state index in [0.29, 0.717) is 19.6 Å². The van der Waals surface area contributed by atoms with Gasteiger partial charge in [0.15, 0.2) is 0 Å². The molecule has 214 valence electrons. The minimum Gasteiger partial charge on any atom is -0.365 e. The summed E-state index contributed by atoms with van der Waals surface area (Å²) in [4.78, 5) is 30.9. The number of rotatable bonds is 2. The number of nitrogens with zero attached hydrogens (tertiary/aromatic N) is 4. The molecule has 0 aromatic heterocycles. The van der Waals surface area contributed by atoms with E-state index in [9.17, 15) is 9.59 Å². The van der Waals surface area contributed by atoms with Crippen molar-refractivity contribution in [2.24, 2.45) is 5.92 Å². The van der Waals surface area contributed by atoms with E-state index >= 15 is 0 Å². The van der Waals surface area contributed by atoms with E-state index in [-0.39, 0.29) is 60.8 Å². The molecule has 2 amide bonds. The van der Waals surface area contributed by atoms with Gasteiger partial charge in [-0.15, -0.1) is 0 Å². The van der Waals surface area contributed by atoms with Crippen LogP contribution in [0.3, 0.4) is 0 Å². The quantitative estimate of drug-likeness (QED) is 0.388. The van der Waals surface area contributed by atoms with Crippen LogP contribution in [0.2, 0.25) is 0 Å². The van der Waals surface area contributed by atoms with Crippen molar-refractivity contribution in [2.75, 3.05) is 45.2 Å². The number of amides is 2. The van der Waals surface area contributed by atoms with Crippen molar-refractivity contribution in [3.05, 3.63) is 41.5 Å². The highest BCUT2D eigenvalue weighted by molar-refractivity contribution is 5.82. The zero-order valence-electron chi connectivity index (χ0n) is 23.1. The smallest absolute Gasteiger partial charge is 0.249 e. The van der Waals surface area contributed by atoms with Gasteiger partial charge in [0.25, 0.3) is 0 Å². The molecule has 6 heterocycles. The summed E-state index contributed by atoms with van der Waals surface area (Å²) >= 11 is 0. The third-order valence-corrected chi connectivity index (χ3v) is 10.3. The molecule has 1 spiro atoms. The normalized spacial score (nSPS) is 37.8. The number of benzene rings is 1. The van der Waals surface area contributed by atoms with Crippen LogP contribution in [-0.4, -0.2) is 102 Å². The molecule has 6 aliphatic heterocycles. The fourth-order valence-corrected chi connectivity index (χ4v) is 8.00. The summed E-state index contributed by atoms with van der Waals surface area (Å²) in [6.45, 7) is 3.04. The molecule has 40 heavy (non-hydrogen) atoms. The molecule has 11 heteroatoms. The van der Waals surface area contributed by atoms with Crippen LogP contribution in [0.1, 0.15) is 43.2 Å². The lowest BCUT2D eigenvalue weighted by Gasteiger charge is -2.50. The molecule has 1 aromatic rings. The Bertz CT molecular complexity index is 1240. The number of hydrogen-bond acceptors (Lipinski definition) is 9. The van der Waals surface area contributed by atoms with Gasteiger partial charge >= 0.3 is 0 Å². The summed E-state index contributed by atoms with van der Waals surface area (Å²) in [5.41, 5.74) is 4.30. The zero-order chi connectivity index (χ0) is 27.0. The van der Waals surface area contributed by atoms with E-state index < -0.39 is 0 Å². The number of carbonyl (C=O) groups excluding carboxylic acids is 2. The van der Waals surface area contributed by atoms with Gasteiger partial charge in [0.2, 0.25) is 11.8 Å². The average molecular weight is 549 g/mol. The molecule has 6 atom stereocenters. The second-order valence-electron chi connectivity index (χ2n) is 12.5. The van der Waals surface area contributed by atoms with Crippen molar-refractivity contribution in [3.8, 4) is 0 Å². The largest absolute Gasteiger partial charge is 0.365 e. The van der Waals surface area contributed by atoms with E-state index in [2.05, 4.69) is 68.6 Å². The van der Waals surface area contributed by atoms with E-state index in [4.69, 9.17) is 4.74 Å². The Labute approximate surface area is 235 Å². The van der Waals surface area contributed by atoms with Crippen molar-refractivity contribution in [1.82, 2.24) is 35.8 Å². The highest BCUT2D eigenvalue weighted by Gasteiger charge is 2.54. The van der Waals surface area contributed by atoms with Gasteiger partial charge in [0, 0.05) is 30.9 Å². The number of anilines is 1. The molecule has 1 saturated carbocycles. The molecule has 1 aromatic carbocycles. The lowest BCUT2D eigenvalue weighted by molar-refractivity contribution is -0.175.